The van der Waals surface area contributed by atoms with E-state index in [2.05, 4.69) is 27.3 Å². The molecule has 0 aliphatic rings. The van der Waals surface area contributed by atoms with E-state index in [1.165, 1.54) is 5.56 Å². The number of carbonyl (C=O) groups is 1. The second-order valence-electron chi connectivity index (χ2n) is 4.96. The van der Waals surface area contributed by atoms with Gasteiger partial charge in [-0.05, 0) is 61.2 Å². The summed E-state index contributed by atoms with van der Waals surface area (Å²) in [5.41, 5.74) is 3.57. The Hall–Kier alpha value is -1.32. The van der Waals surface area contributed by atoms with Gasteiger partial charge in [0.1, 0.15) is 0 Å². The predicted octanol–water partition coefficient (Wildman–Crippen LogP) is 5.23. The van der Waals surface area contributed by atoms with Gasteiger partial charge in [0.05, 0.1) is 0 Å². The minimum Gasteiger partial charge on any atom is -0.322 e. The highest BCUT2D eigenvalue weighted by Gasteiger charge is 2.08. The number of rotatable bonds is 5. The average Bonchev–Trinajstić information content (AvgIpc) is 2.44. The summed E-state index contributed by atoms with van der Waals surface area (Å²) in [4.78, 5) is 12.3. The van der Waals surface area contributed by atoms with Gasteiger partial charge in [0.25, 0.3) is 5.91 Å². The number of anilines is 1. The minimum absolute atomic E-state index is 0.141. The van der Waals surface area contributed by atoms with Crippen molar-refractivity contribution in [2.45, 2.75) is 19.8 Å². The Bertz CT molecular complexity index is 622. The summed E-state index contributed by atoms with van der Waals surface area (Å²) in [6, 6.07) is 13.3. The third kappa shape index (κ3) is 4.87. The van der Waals surface area contributed by atoms with Gasteiger partial charge in [-0.2, -0.15) is 0 Å². The molecular weight excluding hydrogens is 350 g/mol. The van der Waals surface area contributed by atoms with Crippen molar-refractivity contribution in [1.82, 2.24) is 0 Å². The maximum Gasteiger partial charge on any atom is 0.255 e. The van der Waals surface area contributed by atoms with Crippen molar-refractivity contribution >= 4 is 39.1 Å². The van der Waals surface area contributed by atoms with Crippen molar-refractivity contribution in [3.05, 3.63) is 64.2 Å². The summed E-state index contributed by atoms with van der Waals surface area (Å²) in [7, 11) is 0. The van der Waals surface area contributed by atoms with Gasteiger partial charge in [0.2, 0.25) is 0 Å². The number of benzene rings is 2. The zero-order valence-corrected chi connectivity index (χ0v) is 14.2. The molecule has 2 aromatic rings. The van der Waals surface area contributed by atoms with Crippen molar-refractivity contribution in [1.29, 1.82) is 0 Å². The van der Waals surface area contributed by atoms with Crippen LogP contribution in [0, 0.1) is 6.92 Å². The lowest BCUT2D eigenvalue weighted by atomic mass is 10.1. The molecule has 1 amide bonds. The van der Waals surface area contributed by atoms with Gasteiger partial charge >= 0.3 is 0 Å². The van der Waals surface area contributed by atoms with E-state index in [1.54, 1.807) is 6.07 Å². The summed E-state index contributed by atoms with van der Waals surface area (Å²) in [5, 5.41) is 4.47. The maximum absolute atomic E-state index is 12.3. The zero-order valence-electron chi connectivity index (χ0n) is 11.8. The van der Waals surface area contributed by atoms with Crippen LogP contribution in [0.4, 0.5) is 5.69 Å². The topological polar surface area (TPSA) is 29.1 Å². The van der Waals surface area contributed by atoms with Gasteiger partial charge in [0, 0.05) is 21.6 Å². The second kappa shape index (κ2) is 7.62. The van der Waals surface area contributed by atoms with E-state index >= 15 is 0 Å². The zero-order chi connectivity index (χ0) is 15.2. The Kier molecular flexibility index (Phi) is 5.83. The molecule has 1 N–H and O–H groups in total. The van der Waals surface area contributed by atoms with Crippen molar-refractivity contribution in [3.63, 3.8) is 0 Å². The molecule has 0 aliphatic heterocycles. The quantitative estimate of drug-likeness (QED) is 0.721. The van der Waals surface area contributed by atoms with Crippen LogP contribution in [0.3, 0.4) is 0 Å². The van der Waals surface area contributed by atoms with Gasteiger partial charge < -0.3 is 5.32 Å². The van der Waals surface area contributed by atoms with Crippen LogP contribution in [0.5, 0.6) is 0 Å². The monoisotopic (exact) mass is 365 g/mol. The number of alkyl halides is 1. The van der Waals surface area contributed by atoms with Crippen LogP contribution in [0.1, 0.15) is 27.9 Å². The molecule has 0 saturated heterocycles. The first kappa shape index (κ1) is 16.1. The van der Waals surface area contributed by atoms with Crippen molar-refractivity contribution in [3.8, 4) is 0 Å². The van der Waals surface area contributed by atoms with Crippen LogP contribution in [0.2, 0.25) is 5.02 Å². The molecule has 4 heteroatoms. The molecule has 2 nitrogen and oxygen atoms in total. The van der Waals surface area contributed by atoms with E-state index in [9.17, 15) is 4.79 Å². The van der Waals surface area contributed by atoms with Crippen LogP contribution in [-0.2, 0) is 6.42 Å². The highest BCUT2D eigenvalue weighted by molar-refractivity contribution is 9.09. The number of aryl methyl sites for hydroxylation is 2. The minimum atomic E-state index is -0.141. The van der Waals surface area contributed by atoms with Crippen molar-refractivity contribution in [2.24, 2.45) is 0 Å². The molecule has 110 valence electrons. The molecule has 0 bridgehead atoms. The summed E-state index contributed by atoms with van der Waals surface area (Å²) in [6.07, 6.45) is 2.07. The fourth-order valence-corrected chi connectivity index (χ4v) is 2.72. The Morgan fingerprint density at radius 3 is 2.76 bits per heavy atom. The molecular formula is C17H17BrClNO. The molecule has 0 fully saturated rings. The Labute approximate surface area is 138 Å². The van der Waals surface area contributed by atoms with Gasteiger partial charge in [-0.25, -0.2) is 0 Å². The molecule has 0 radical (unpaired) electrons. The van der Waals surface area contributed by atoms with Crippen LogP contribution < -0.4 is 5.32 Å². The van der Waals surface area contributed by atoms with Gasteiger partial charge in [-0.3, -0.25) is 4.79 Å². The molecule has 2 rings (SSSR count). The van der Waals surface area contributed by atoms with E-state index in [4.69, 9.17) is 11.6 Å². The smallest absolute Gasteiger partial charge is 0.255 e. The Balaban J connectivity index is 2.11. The van der Waals surface area contributed by atoms with E-state index in [1.807, 2.05) is 37.3 Å². The van der Waals surface area contributed by atoms with E-state index < -0.39 is 0 Å². The normalized spacial score (nSPS) is 10.4. The molecule has 0 unspecified atom stereocenters. The number of carbonyl (C=O) groups excluding carboxylic acids is 1. The van der Waals surface area contributed by atoms with Crippen molar-refractivity contribution in [2.75, 3.05) is 10.6 Å². The molecule has 0 saturated carbocycles. The third-order valence-corrected chi connectivity index (χ3v) is 3.87. The van der Waals surface area contributed by atoms with Gasteiger partial charge in [-0.15, -0.1) is 0 Å². The lowest BCUT2D eigenvalue weighted by Crippen LogP contribution is -2.12. The molecule has 0 aliphatic carbocycles. The maximum atomic E-state index is 12.3. The predicted molar refractivity (Wildman–Crippen MR) is 92.7 cm³/mol. The van der Waals surface area contributed by atoms with Gasteiger partial charge in [-0.1, -0.05) is 39.7 Å². The first-order valence-electron chi connectivity index (χ1n) is 6.82. The highest BCUT2D eigenvalue weighted by Crippen LogP contribution is 2.17. The van der Waals surface area contributed by atoms with Crippen LogP contribution in [0.25, 0.3) is 0 Å². The van der Waals surface area contributed by atoms with Crippen LogP contribution >= 0.6 is 27.5 Å². The van der Waals surface area contributed by atoms with Crippen molar-refractivity contribution < 1.29 is 4.79 Å². The SMILES string of the molecule is Cc1cc(Cl)cc(C(=O)Nc2cccc(CCCBr)c2)c1. The molecule has 2 aromatic carbocycles. The third-order valence-electron chi connectivity index (χ3n) is 3.09. The van der Waals surface area contributed by atoms with Crippen LogP contribution in [-0.4, -0.2) is 11.2 Å². The Morgan fingerprint density at radius 1 is 1.24 bits per heavy atom. The lowest BCUT2D eigenvalue weighted by molar-refractivity contribution is 0.102. The molecule has 0 spiro atoms. The second-order valence-corrected chi connectivity index (χ2v) is 6.19. The van der Waals surface area contributed by atoms with E-state index in [0.717, 1.165) is 29.4 Å². The van der Waals surface area contributed by atoms with E-state index in [0.29, 0.717) is 10.6 Å². The highest BCUT2D eigenvalue weighted by atomic mass is 79.9. The summed E-state index contributed by atoms with van der Waals surface area (Å²) in [5.74, 6) is -0.141. The summed E-state index contributed by atoms with van der Waals surface area (Å²) >= 11 is 9.42. The summed E-state index contributed by atoms with van der Waals surface area (Å²) < 4.78 is 0. The number of hydrogen-bond acceptors (Lipinski definition) is 1. The van der Waals surface area contributed by atoms with Crippen LogP contribution in [0.15, 0.2) is 42.5 Å². The first-order chi connectivity index (χ1) is 10.1. The number of nitrogens with one attached hydrogen (secondary N) is 1. The standard InChI is InChI=1S/C17H17BrClNO/c1-12-8-14(11-15(19)9-12)17(21)20-16-6-2-4-13(10-16)5-3-7-18/h2,4,6,8-11H,3,5,7H2,1H3,(H,20,21). The number of hydrogen-bond donors (Lipinski definition) is 1. The number of amides is 1. The number of halogens is 2. The van der Waals surface area contributed by atoms with E-state index in [-0.39, 0.29) is 5.91 Å². The first-order valence-corrected chi connectivity index (χ1v) is 8.32. The molecule has 0 heterocycles. The lowest BCUT2D eigenvalue weighted by Gasteiger charge is -2.08. The molecule has 0 aromatic heterocycles. The van der Waals surface area contributed by atoms with Gasteiger partial charge in [0.15, 0.2) is 0 Å². The molecule has 21 heavy (non-hydrogen) atoms. The largest absolute Gasteiger partial charge is 0.322 e. The fraction of sp³-hybridized carbons (Fsp3) is 0.235. The Morgan fingerprint density at radius 2 is 2.05 bits per heavy atom. The molecule has 0 atom stereocenters. The summed E-state index contributed by atoms with van der Waals surface area (Å²) in [6.45, 7) is 1.92. The average molecular weight is 367 g/mol. The fourth-order valence-electron chi connectivity index (χ4n) is 2.15.